The molecule has 0 spiro atoms. The minimum atomic E-state index is -0.922. The fraction of sp³-hybridized carbons (Fsp3) is 0.292. The first kappa shape index (κ1) is 18.5. The first-order chi connectivity index (χ1) is 13.5. The van der Waals surface area contributed by atoms with Crippen LogP contribution in [0.15, 0.2) is 66.7 Å². The lowest BCUT2D eigenvalue weighted by atomic mass is 9.81. The molecule has 4 rings (SSSR count). The van der Waals surface area contributed by atoms with Gasteiger partial charge in [-0.2, -0.15) is 0 Å². The molecule has 2 N–H and O–H groups in total. The normalized spacial score (nSPS) is 19.8. The second-order valence-corrected chi connectivity index (χ2v) is 7.70. The number of fused-ring (bicyclic) bond motifs is 2. The minimum Gasteiger partial charge on any atom is -0.465 e. The number of carbonyl (C=O) groups is 1. The number of nitrogens with zero attached hydrogens (tertiary/aromatic N) is 1. The lowest BCUT2D eigenvalue weighted by Crippen LogP contribution is -2.38. The van der Waals surface area contributed by atoms with E-state index in [0.717, 1.165) is 33.9 Å². The van der Waals surface area contributed by atoms with Crippen molar-refractivity contribution in [2.24, 2.45) is 5.92 Å². The van der Waals surface area contributed by atoms with E-state index < -0.39 is 12.2 Å². The molecule has 2 unspecified atom stereocenters. The number of hydrogen-bond acceptors (Lipinski definition) is 2. The molecule has 0 aromatic heterocycles. The van der Waals surface area contributed by atoms with Gasteiger partial charge in [-0.1, -0.05) is 66.7 Å². The van der Waals surface area contributed by atoms with Crippen LogP contribution in [0.1, 0.15) is 42.2 Å². The van der Waals surface area contributed by atoms with Crippen molar-refractivity contribution in [1.29, 1.82) is 0 Å². The second-order valence-electron chi connectivity index (χ2n) is 7.70. The summed E-state index contributed by atoms with van der Waals surface area (Å²) in [7, 11) is 0. The number of amides is 1. The number of hydrogen-bond donors (Lipinski definition) is 2. The smallest absolute Gasteiger partial charge is 0.407 e. The first-order valence-corrected chi connectivity index (χ1v) is 9.77. The van der Waals surface area contributed by atoms with Gasteiger partial charge in [0.15, 0.2) is 0 Å². The molecule has 3 aromatic carbocycles. The average molecular weight is 375 g/mol. The van der Waals surface area contributed by atoms with Gasteiger partial charge in [0.1, 0.15) is 0 Å². The summed E-state index contributed by atoms with van der Waals surface area (Å²) in [6, 6.07) is 21.7. The summed E-state index contributed by atoms with van der Waals surface area (Å²) < 4.78 is 0. The van der Waals surface area contributed by atoms with E-state index in [1.807, 2.05) is 73.7 Å². The molecule has 0 bridgehead atoms. The molecule has 28 heavy (non-hydrogen) atoms. The van der Waals surface area contributed by atoms with Crippen molar-refractivity contribution < 1.29 is 15.0 Å². The van der Waals surface area contributed by atoms with Gasteiger partial charge < -0.3 is 15.1 Å². The van der Waals surface area contributed by atoms with E-state index in [4.69, 9.17) is 0 Å². The van der Waals surface area contributed by atoms with Crippen molar-refractivity contribution in [2.75, 3.05) is 6.54 Å². The van der Waals surface area contributed by atoms with Crippen LogP contribution in [0.2, 0.25) is 0 Å². The van der Waals surface area contributed by atoms with Gasteiger partial charge in [-0.25, -0.2) is 4.79 Å². The van der Waals surface area contributed by atoms with E-state index in [9.17, 15) is 15.0 Å². The highest BCUT2D eigenvalue weighted by Gasteiger charge is 2.30. The highest BCUT2D eigenvalue weighted by atomic mass is 16.4. The van der Waals surface area contributed by atoms with E-state index in [-0.39, 0.29) is 12.0 Å². The zero-order valence-corrected chi connectivity index (χ0v) is 16.0. The third-order valence-corrected chi connectivity index (χ3v) is 5.92. The molecule has 0 saturated heterocycles. The van der Waals surface area contributed by atoms with E-state index >= 15 is 0 Å². The maximum absolute atomic E-state index is 12.1. The van der Waals surface area contributed by atoms with Crippen LogP contribution in [0.5, 0.6) is 0 Å². The van der Waals surface area contributed by atoms with Crippen LogP contribution in [-0.2, 0) is 6.42 Å². The Balaban J connectivity index is 1.60. The Labute approximate surface area is 165 Å². The lowest BCUT2D eigenvalue weighted by Gasteiger charge is -2.35. The summed E-state index contributed by atoms with van der Waals surface area (Å²) >= 11 is 0. The predicted octanol–water partition coefficient (Wildman–Crippen LogP) is 5.18. The molecule has 3 aromatic rings. The molecule has 0 saturated carbocycles. The molecule has 0 fully saturated rings. The Morgan fingerprint density at radius 3 is 2.61 bits per heavy atom. The van der Waals surface area contributed by atoms with Gasteiger partial charge in [-0.05, 0) is 53.1 Å². The first-order valence-electron chi connectivity index (χ1n) is 9.77. The third kappa shape index (κ3) is 3.48. The average Bonchev–Trinajstić information content (AvgIpc) is 2.71. The van der Waals surface area contributed by atoms with E-state index in [1.165, 1.54) is 4.90 Å². The van der Waals surface area contributed by atoms with Gasteiger partial charge in [0.2, 0.25) is 0 Å². The van der Waals surface area contributed by atoms with Crippen molar-refractivity contribution in [3.05, 3.63) is 83.4 Å². The quantitative estimate of drug-likeness (QED) is 0.661. The van der Waals surface area contributed by atoms with Crippen molar-refractivity contribution in [3.63, 3.8) is 0 Å². The Morgan fingerprint density at radius 2 is 1.79 bits per heavy atom. The Hall–Kier alpha value is -2.85. The van der Waals surface area contributed by atoms with Crippen molar-refractivity contribution in [3.8, 4) is 0 Å². The molecular weight excluding hydrogens is 350 g/mol. The monoisotopic (exact) mass is 375 g/mol. The molecule has 1 aliphatic rings. The van der Waals surface area contributed by atoms with Gasteiger partial charge in [0.05, 0.1) is 12.1 Å². The van der Waals surface area contributed by atoms with Gasteiger partial charge in [-0.3, -0.25) is 0 Å². The molecule has 4 nitrogen and oxygen atoms in total. The summed E-state index contributed by atoms with van der Waals surface area (Å²) in [5.74, 6) is 0.0958. The van der Waals surface area contributed by atoms with Crippen LogP contribution in [0.4, 0.5) is 4.79 Å². The summed E-state index contributed by atoms with van der Waals surface area (Å²) in [6.45, 7) is 2.36. The third-order valence-electron chi connectivity index (χ3n) is 5.92. The molecule has 1 aliphatic carbocycles. The minimum absolute atomic E-state index is 0.0958. The summed E-state index contributed by atoms with van der Waals surface area (Å²) in [5, 5.41) is 22.6. The molecule has 0 heterocycles. The summed E-state index contributed by atoms with van der Waals surface area (Å²) in [6.07, 6.45) is -0.0743. The molecule has 4 heteroatoms. The molecule has 0 aliphatic heterocycles. The fourth-order valence-corrected chi connectivity index (χ4v) is 4.48. The summed E-state index contributed by atoms with van der Waals surface area (Å²) in [5.41, 5.74) is 3.11. The number of carboxylic acid groups (broad SMARTS) is 1. The van der Waals surface area contributed by atoms with E-state index in [2.05, 4.69) is 0 Å². The maximum atomic E-state index is 12.1. The van der Waals surface area contributed by atoms with Crippen LogP contribution in [0.3, 0.4) is 0 Å². The van der Waals surface area contributed by atoms with Gasteiger partial charge >= 0.3 is 6.09 Å². The Morgan fingerprint density at radius 1 is 1.07 bits per heavy atom. The highest BCUT2D eigenvalue weighted by molar-refractivity contribution is 5.86. The summed E-state index contributed by atoms with van der Waals surface area (Å²) in [4.78, 5) is 13.6. The Bertz CT molecular complexity index is 995. The number of aliphatic hydroxyl groups is 1. The SMILES string of the molecule is C[C@H](c1cccc2ccccc12)N(CC1Cc2ccccc2C(O)C1)C(=O)O. The standard InChI is InChI=1S/C24H25NO3/c1-16(20-12-6-9-18-7-2-4-10-21(18)20)25(24(27)28)15-17-13-19-8-3-5-11-22(19)23(26)14-17/h2-12,16-17,23,26H,13-15H2,1H3,(H,27,28)/t16-,17?,23?/m1/s1. The van der Waals surface area contributed by atoms with Crippen LogP contribution in [0, 0.1) is 5.92 Å². The van der Waals surface area contributed by atoms with Crippen molar-refractivity contribution in [1.82, 2.24) is 4.90 Å². The number of aliphatic hydroxyl groups excluding tert-OH is 1. The van der Waals surface area contributed by atoms with Gasteiger partial charge in [0, 0.05) is 6.54 Å². The van der Waals surface area contributed by atoms with E-state index in [0.29, 0.717) is 13.0 Å². The van der Waals surface area contributed by atoms with Gasteiger partial charge in [-0.15, -0.1) is 0 Å². The lowest BCUT2D eigenvalue weighted by molar-refractivity contribution is 0.0903. The largest absolute Gasteiger partial charge is 0.465 e. The molecular formula is C24H25NO3. The van der Waals surface area contributed by atoms with Crippen LogP contribution in [-0.4, -0.2) is 27.8 Å². The topological polar surface area (TPSA) is 60.8 Å². The molecule has 1 amide bonds. The second kappa shape index (κ2) is 7.64. The maximum Gasteiger partial charge on any atom is 0.407 e. The fourth-order valence-electron chi connectivity index (χ4n) is 4.48. The van der Waals surface area contributed by atoms with Crippen LogP contribution in [0.25, 0.3) is 10.8 Å². The van der Waals surface area contributed by atoms with Crippen LogP contribution < -0.4 is 0 Å². The van der Waals surface area contributed by atoms with Crippen LogP contribution >= 0.6 is 0 Å². The highest BCUT2D eigenvalue weighted by Crippen LogP contribution is 2.35. The van der Waals surface area contributed by atoms with Gasteiger partial charge in [0.25, 0.3) is 0 Å². The van der Waals surface area contributed by atoms with E-state index in [1.54, 1.807) is 0 Å². The number of rotatable bonds is 4. The van der Waals surface area contributed by atoms with Crippen molar-refractivity contribution in [2.45, 2.75) is 31.9 Å². The predicted molar refractivity (Wildman–Crippen MR) is 110 cm³/mol. The molecule has 3 atom stereocenters. The molecule has 0 radical (unpaired) electrons. The zero-order valence-electron chi connectivity index (χ0n) is 16.0. The van der Waals surface area contributed by atoms with Crippen molar-refractivity contribution >= 4 is 16.9 Å². The molecule has 144 valence electrons. The number of benzene rings is 3. The Kier molecular flexibility index (Phi) is 5.05. The zero-order chi connectivity index (χ0) is 19.7.